The standard InChI is InChI=1S/C18H27N3O3S/c1-6-7-8-9-20-14-12(2)11-25-15(14)16(23)21(17(20)24)10-13(22)19-18(3,4)5/h11H,6-10H2,1-5H3,(H,19,22). The van der Waals surface area contributed by atoms with Gasteiger partial charge in [-0.25, -0.2) is 9.36 Å². The monoisotopic (exact) mass is 365 g/mol. The van der Waals surface area contributed by atoms with Crippen LogP contribution in [0, 0.1) is 6.92 Å². The van der Waals surface area contributed by atoms with Gasteiger partial charge >= 0.3 is 5.69 Å². The number of aryl methyl sites for hydroxylation is 2. The van der Waals surface area contributed by atoms with Crippen LogP contribution < -0.4 is 16.6 Å². The number of hydrogen-bond donors (Lipinski definition) is 1. The highest BCUT2D eigenvalue weighted by Gasteiger charge is 2.20. The molecule has 0 saturated carbocycles. The number of nitrogens with one attached hydrogen (secondary N) is 1. The third kappa shape index (κ3) is 4.39. The second kappa shape index (κ2) is 7.56. The normalized spacial score (nSPS) is 11.9. The molecule has 138 valence electrons. The molecule has 0 saturated heterocycles. The Morgan fingerprint density at radius 3 is 2.48 bits per heavy atom. The summed E-state index contributed by atoms with van der Waals surface area (Å²) in [6.45, 7) is 9.90. The Labute approximate surface area is 151 Å². The Bertz CT molecular complexity index is 884. The molecule has 1 amide bonds. The number of rotatable bonds is 6. The van der Waals surface area contributed by atoms with Crippen molar-refractivity contribution in [3.63, 3.8) is 0 Å². The molecule has 0 bridgehead atoms. The van der Waals surface area contributed by atoms with E-state index in [1.54, 1.807) is 4.57 Å². The van der Waals surface area contributed by atoms with E-state index in [-0.39, 0.29) is 18.0 Å². The smallest absolute Gasteiger partial charge is 0.332 e. The maximum Gasteiger partial charge on any atom is 0.332 e. The van der Waals surface area contributed by atoms with Gasteiger partial charge in [0.2, 0.25) is 5.91 Å². The van der Waals surface area contributed by atoms with E-state index >= 15 is 0 Å². The summed E-state index contributed by atoms with van der Waals surface area (Å²) in [7, 11) is 0. The molecule has 0 aliphatic heterocycles. The van der Waals surface area contributed by atoms with Gasteiger partial charge in [0.25, 0.3) is 5.56 Å². The molecule has 0 unspecified atom stereocenters. The van der Waals surface area contributed by atoms with Gasteiger partial charge < -0.3 is 5.32 Å². The van der Waals surface area contributed by atoms with Crippen molar-refractivity contribution in [2.45, 2.75) is 72.5 Å². The van der Waals surface area contributed by atoms with Crippen molar-refractivity contribution in [3.05, 3.63) is 31.8 Å². The predicted molar refractivity (Wildman–Crippen MR) is 103 cm³/mol. The highest BCUT2D eigenvalue weighted by Crippen LogP contribution is 2.21. The van der Waals surface area contributed by atoms with Gasteiger partial charge in [-0.05, 0) is 45.1 Å². The van der Waals surface area contributed by atoms with Gasteiger partial charge in [0.15, 0.2) is 0 Å². The second-order valence-corrected chi connectivity index (χ2v) is 8.31. The lowest BCUT2D eigenvalue weighted by atomic mass is 10.1. The topological polar surface area (TPSA) is 73.1 Å². The van der Waals surface area contributed by atoms with Gasteiger partial charge in [-0.15, -0.1) is 11.3 Å². The highest BCUT2D eigenvalue weighted by molar-refractivity contribution is 7.17. The largest absolute Gasteiger partial charge is 0.350 e. The Morgan fingerprint density at radius 2 is 1.88 bits per heavy atom. The van der Waals surface area contributed by atoms with Crippen molar-refractivity contribution in [2.75, 3.05) is 0 Å². The highest BCUT2D eigenvalue weighted by atomic mass is 32.1. The summed E-state index contributed by atoms with van der Waals surface area (Å²) in [5.41, 5.74) is 0.443. The van der Waals surface area contributed by atoms with Crippen LogP contribution >= 0.6 is 11.3 Å². The number of fused-ring (bicyclic) bond motifs is 1. The molecule has 0 spiro atoms. The Morgan fingerprint density at radius 1 is 1.20 bits per heavy atom. The second-order valence-electron chi connectivity index (χ2n) is 7.43. The first-order valence-corrected chi connectivity index (χ1v) is 9.56. The molecular weight excluding hydrogens is 338 g/mol. The summed E-state index contributed by atoms with van der Waals surface area (Å²) in [6, 6.07) is 0. The van der Waals surface area contributed by atoms with E-state index in [0.717, 1.165) is 29.4 Å². The van der Waals surface area contributed by atoms with Crippen molar-refractivity contribution < 1.29 is 4.79 Å². The van der Waals surface area contributed by atoms with E-state index in [0.29, 0.717) is 16.8 Å². The number of hydrogen-bond acceptors (Lipinski definition) is 4. The quantitative estimate of drug-likeness (QED) is 0.800. The molecular formula is C18H27N3O3S. The molecule has 0 atom stereocenters. The Kier molecular flexibility index (Phi) is 5.87. The van der Waals surface area contributed by atoms with Crippen molar-refractivity contribution in [1.82, 2.24) is 14.5 Å². The van der Waals surface area contributed by atoms with E-state index in [1.807, 2.05) is 33.1 Å². The van der Waals surface area contributed by atoms with E-state index in [1.165, 1.54) is 11.3 Å². The maximum atomic E-state index is 12.9. The number of thiophene rings is 1. The molecule has 0 radical (unpaired) electrons. The van der Waals surface area contributed by atoms with E-state index in [4.69, 9.17) is 0 Å². The number of nitrogens with zero attached hydrogens (tertiary/aromatic N) is 2. The number of carbonyl (C=O) groups is 1. The first-order chi connectivity index (χ1) is 11.7. The lowest BCUT2D eigenvalue weighted by molar-refractivity contribution is -0.123. The number of unbranched alkanes of at least 4 members (excludes halogenated alkanes) is 2. The minimum atomic E-state index is -0.412. The van der Waals surface area contributed by atoms with Crippen LogP contribution in [0.15, 0.2) is 15.0 Å². The summed E-state index contributed by atoms with van der Waals surface area (Å²) < 4.78 is 3.26. The predicted octanol–water partition coefficient (Wildman–Crippen LogP) is 2.64. The lowest BCUT2D eigenvalue weighted by Gasteiger charge is -2.21. The minimum Gasteiger partial charge on any atom is -0.350 e. The molecule has 0 aliphatic rings. The Balaban J connectivity index is 2.52. The molecule has 2 heterocycles. The summed E-state index contributed by atoms with van der Waals surface area (Å²) in [4.78, 5) is 37.9. The maximum absolute atomic E-state index is 12.9. The van der Waals surface area contributed by atoms with Crippen molar-refractivity contribution in [1.29, 1.82) is 0 Å². The van der Waals surface area contributed by atoms with Gasteiger partial charge in [-0.2, -0.15) is 0 Å². The first kappa shape index (κ1) is 19.4. The molecule has 0 aliphatic carbocycles. The summed E-state index contributed by atoms with van der Waals surface area (Å²) in [5, 5.41) is 4.69. The van der Waals surface area contributed by atoms with E-state index < -0.39 is 11.2 Å². The number of amides is 1. The molecule has 6 nitrogen and oxygen atoms in total. The van der Waals surface area contributed by atoms with Gasteiger partial charge in [0, 0.05) is 12.1 Å². The van der Waals surface area contributed by atoms with Crippen molar-refractivity contribution in [2.24, 2.45) is 0 Å². The van der Waals surface area contributed by atoms with Crippen LogP contribution in [-0.2, 0) is 17.9 Å². The van der Waals surface area contributed by atoms with Crippen LogP contribution in [0.4, 0.5) is 0 Å². The average molecular weight is 365 g/mol. The van der Waals surface area contributed by atoms with Gasteiger partial charge in [-0.3, -0.25) is 14.2 Å². The number of aromatic nitrogens is 2. The fraction of sp³-hybridized carbons (Fsp3) is 0.611. The molecule has 1 N–H and O–H groups in total. The summed E-state index contributed by atoms with van der Waals surface area (Å²) in [5.74, 6) is -0.334. The van der Waals surface area contributed by atoms with Crippen LogP contribution in [0.1, 0.15) is 52.5 Å². The molecule has 0 aromatic carbocycles. The first-order valence-electron chi connectivity index (χ1n) is 8.68. The molecule has 7 heteroatoms. The summed E-state index contributed by atoms with van der Waals surface area (Å²) in [6.07, 6.45) is 2.93. The van der Waals surface area contributed by atoms with Gasteiger partial charge in [-0.1, -0.05) is 19.8 Å². The van der Waals surface area contributed by atoms with Crippen LogP contribution in [0.3, 0.4) is 0 Å². The molecule has 2 aromatic rings. The third-order valence-electron chi connectivity index (χ3n) is 3.91. The van der Waals surface area contributed by atoms with Crippen molar-refractivity contribution >= 4 is 27.5 Å². The fourth-order valence-electron chi connectivity index (χ4n) is 2.84. The Hall–Kier alpha value is -1.89. The minimum absolute atomic E-state index is 0.254. The SMILES string of the molecule is CCCCCn1c(=O)n(CC(=O)NC(C)(C)C)c(=O)c2scc(C)c21. The summed E-state index contributed by atoms with van der Waals surface area (Å²) >= 11 is 1.33. The fourth-order valence-corrected chi connectivity index (χ4v) is 3.84. The molecule has 25 heavy (non-hydrogen) atoms. The van der Waals surface area contributed by atoms with Gasteiger partial charge in [0.05, 0.1) is 5.52 Å². The van der Waals surface area contributed by atoms with Crippen LogP contribution in [-0.4, -0.2) is 20.6 Å². The lowest BCUT2D eigenvalue weighted by Crippen LogP contribution is -2.47. The van der Waals surface area contributed by atoms with Crippen molar-refractivity contribution in [3.8, 4) is 0 Å². The molecule has 2 aromatic heterocycles. The van der Waals surface area contributed by atoms with Crippen LogP contribution in [0.5, 0.6) is 0 Å². The zero-order valence-corrected chi connectivity index (χ0v) is 16.5. The number of carbonyl (C=O) groups excluding carboxylic acids is 1. The zero-order chi connectivity index (χ0) is 18.8. The van der Waals surface area contributed by atoms with Crippen LogP contribution in [0.2, 0.25) is 0 Å². The van der Waals surface area contributed by atoms with Crippen LogP contribution in [0.25, 0.3) is 10.2 Å². The zero-order valence-electron chi connectivity index (χ0n) is 15.6. The van der Waals surface area contributed by atoms with E-state index in [9.17, 15) is 14.4 Å². The van der Waals surface area contributed by atoms with Gasteiger partial charge in [0.1, 0.15) is 11.2 Å². The molecule has 0 fully saturated rings. The molecule has 2 rings (SSSR count). The van der Waals surface area contributed by atoms with E-state index in [2.05, 4.69) is 12.2 Å². The third-order valence-corrected chi connectivity index (χ3v) is 4.99. The average Bonchev–Trinajstić information content (AvgIpc) is 2.87.